The summed E-state index contributed by atoms with van der Waals surface area (Å²) in [5.41, 5.74) is 1.53. The van der Waals surface area contributed by atoms with Crippen LogP contribution < -0.4 is 9.47 Å². The minimum absolute atomic E-state index is 0.197. The quantitative estimate of drug-likeness (QED) is 0.352. The number of carbonyl (C=O) groups excluding carboxylic acids is 1. The third kappa shape index (κ3) is 4.02. The summed E-state index contributed by atoms with van der Waals surface area (Å²) in [6, 6.07) is 10.8. The first-order valence-corrected chi connectivity index (χ1v) is 9.26. The molecule has 1 heterocycles. The Kier molecular flexibility index (Phi) is 5.83. The zero-order valence-corrected chi connectivity index (χ0v) is 17.0. The van der Waals surface area contributed by atoms with E-state index in [1.54, 1.807) is 31.4 Å². The molecule has 0 aromatic heterocycles. The predicted octanol–water partition coefficient (Wildman–Crippen LogP) is 4.70. The fourth-order valence-corrected chi connectivity index (χ4v) is 3.08. The second-order valence-electron chi connectivity index (χ2n) is 5.30. The van der Waals surface area contributed by atoms with Gasteiger partial charge in [0.15, 0.2) is 17.2 Å². The van der Waals surface area contributed by atoms with Crippen LogP contribution in [0.2, 0.25) is 5.02 Å². The molecule has 2 aromatic rings. The molecule has 0 saturated carbocycles. The number of aliphatic imine (C=N–C) groups is 1. The standard InChI is InChI=1S/C19H15ClINO4/c1-3-25-17-9-11(4-7-16(17)24-2)8-15-19(23)26-18(22-15)13-10-12(21)5-6-14(13)20/h4-10H,3H2,1-2H3/b15-8-. The highest BCUT2D eigenvalue weighted by Crippen LogP contribution is 2.30. The largest absolute Gasteiger partial charge is 0.493 e. The lowest BCUT2D eigenvalue weighted by Crippen LogP contribution is -2.06. The molecule has 0 bridgehead atoms. The Labute approximate surface area is 169 Å². The number of cyclic esters (lactones) is 1. The van der Waals surface area contributed by atoms with Gasteiger partial charge in [0, 0.05) is 3.57 Å². The minimum atomic E-state index is -0.524. The van der Waals surface area contributed by atoms with Crippen molar-refractivity contribution in [3.05, 3.63) is 61.8 Å². The summed E-state index contributed by atoms with van der Waals surface area (Å²) >= 11 is 8.36. The molecule has 7 heteroatoms. The first kappa shape index (κ1) is 18.7. The summed E-state index contributed by atoms with van der Waals surface area (Å²) in [7, 11) is 1.58. The van der Waals surface area contributed by atoms with E-state index in [-0.39, 0.29) is 11.6 Å². The number of ether oxygens (including phenoxy) is 3. The highest BCUT2D eigenvalue weighted by atomic mass is 127. The molecule has 3 rings (SSSR count). The van der Waals surface area contributed by atoms with Crippen LogP contribution in [0.3, 0.4) is 0 Å². The fraction of sp³-hybridized carbons (Fsp3) is 0.158. The van der Waals surface area contributed by atoms with Crippen LogP contribution in [0.1, 0.15) is 18.1 Å². The number of rotatable bonds is 5. The van der Waals surface area contributed by atoms with Gasteiger partial charge >= 0.3 is 5.97 Å². The van der Waals surface area contributed by atoms with Gasteiger partial charge in [0.2, 0.25) is 5.90 Å². The van der Waals surface area contributed by atoms with Gasteiger partial charge in [0.1, 0.15) is 0 Å². The van der Waals surface area contributed by atoms with E-state index in [4.69, 9.17) is 25.8 Å². The monoisotopic (exact) mass is 483 g/mol. The third-order valence-corrected chi connectivity index (χ3v) is 4.57. The average Bonchev–Trinajstić information content (AvgIpc) is 2.98. The number of halogens is 2. The van der Waals surface area contributed by atoms with E-state index in [0.29, 0.717) is 28.7 Å². The summed E-state index contributed by atoms with van der Waals surface area (Å²) in [6.07, 6.45) is 1.64. The van der Waals surface area contributed by atoms with Crippen LogP contribution in [0.25, 0.3) is 6.08 Å². The van der Waals surface area contributed by atoms with E-state index < -0.39 is 5.97 Å². The lowest BCUT2D eigenvalue weighted by atomic mass is 10.1. The molecule has 0 spiro atoms. The van der Waals surface area contributed by atoms with Crippen molar-refractivity contribution in [3.63, 3.8) is 0 Å². The van der Waals surface area contributed by atoms with Gasteiger partial charge in [0.05, 0.1) is 24.3 Å². The first-order chi connectivity index (χ1) is 12.5. The van der Waals surface area contributed by atoms with E-state index in [0.717, 1.165) is 9.13 Å². The van der Waals surface area contributed by atoms with Crippen LogP contribution in [-0.4, -0.2) is 25.6 Å². The van der Waals surface area contributed by atoms with Crippen LogP contribution in [0.5, 0.6) is 11.5 Å². The number of nitrogens with zero attached hydrogens (tertiary/aromatic N) is 1. The maximum Gasteiger partial charge on any atom is 0.363 e. The highest BCUT2D eigenvalue weighted by molar-refractivity contribution is 14.1. The number of benzene rings is 2. The Morgan fingerprint density at radius 2 is 2.04 bits per heavy atom. The molecule has 0 radical (unpaired) electrons. The van der Waals surface area contributed by atoms with Crippen LogP contribution >= 0.6 is 34.2 Å². The van der Waals surface area contributed by atoms with E-state index in [2.05, 4.69) is 27.6 Å². The number of esters is 1. The number of carbonyl (C=O) groups is 1. The lowest BCUT2D eigenvalue weighted by Gasteiger charge is -2.09. The summed E-state index contributed by atoms with van der Waals surface area (Å²) < 4.78 is 17.1. The molecular weight excluding hydrogens is 469 g/mol. The molecule has 0 saturated heterocycles. The molecular formula is C19H15ClINO4. The maximum absolute atomic E-state index is 12.2. The lowest BCUT2D eigenvalue weighted by molar-refractivity contribution is -0.129. The SMILES string of the molecule is CCOc1cc(/C=C2\N=C(c3cc(I)ccc3Cl)OC2=O)ccc1OC. The second kappa shape index (κ2) is 8.09. The molecule has 1 aliphatic heterocycles. The van der Waals surface area contributed by atoms with Crippen molar-refractivity contribution >= 4 is 52.1 Å². The Bertz CT molecular complexity index is 924. The molecule has 5 nitrogen and oxygen atoms in total. The van der Waals surface area contributed by atoms with Crippen molar-refractivity contribution in [1.82, 2.24) is 0 Å². The van der Waals surface area contributed by atoms with Crippen LogP contribution in [0, 0.1) is 3.57 Å². The van der Waals surface area contributed by atoms with Gasteiger partial charge in [-0.15, -0.1) is 0 Å². The normalized spacial score (nSPS) is 15.0. The number of methoxy groups -OCH3 is 1. The van der Waals surface area contributed by atoms with Gasteiger partial charge in [0.25, 0.3) is 0 Å². The van der Waals surface area contributed by atoms with Crippen LogP contribution in [0.4, 0.5) is 0 Å². The highest BCUT2D eigenvalue weighted by Gasteiger charge is 2.26. The molecule has 0 fully saturated rings. The molecule has 0 atom stereocenters. The van der Waals surface area contributed by atoms with Crippen molar-refractivity contribution in [3.8, 4) is 11.5 Å². The summed E-state index contributed by atoms with van der Waals surface area (Å²) in [5, 5.41) is 0.473. The van der Waals surface area contributed by atoms with E-state index in [1.165, 1.54) is 0 Å². The zero-order chi connectivity index (χ0) is 18.7. The average molecular weight is 484 g/mol. The van der Waals surface area contributed by atoms with E-state index >= 15 is 0 Å². The van der Waals surface area contributed by atoms with Gasteiger partial charge in [-0.05, 0) is 71.5 Å². The van der Waals surface area contributed by atoms with Gasteiger partial charge in [-0.25, -0.2) is 9.79 Å². The first-order valence-electron chi connectivity index (χ1n) is 7.80. The number of hydrogen-bond donors (Lipinski definition) is 0. The van der Waals surface area contributed by atoms with E-state index in [9.17, 15) is 4.79 Å². The van der Waals surface area contributed by atoms with Crippen molar-refractivity contribution in [2.24, 2.45) is 4.99 Å². The van der Waals surface area contributed by atoms with Gasteiger partial charge in [-0.2, -0.15) is 0 Å². The molecule has 26 heavy (non-hydrogen) atoms. The van der Waals surface area contributed by atoms with Gasteiger partial charge < -0.3 is 14.2 Å². The number of hydrogen-bond acceptors (Lipinski definition) is 5. The summed E-state index contributed by atoms with van der Waals surface area (Å²) in [4.78, 5) is 16.5. The summed E-state index contributed by atoms with van der Waals surface area (Å²) in [6.45, 7) is 2.40. The van der Waals surface area contributed by atoms with Crippen LogP contribution in [-0.2, 0) is 9.53 Å². The zero-order valence-electron chi connectivity index (χ0n) is 14.1. The van der Waals surface area contributed by atoms with Crippen molar-refractivity contribution in [2.45, 2.75) is 6.92 Å². The fourth-order valence-electron chi connectivity index (χ4n) is 2.39. The second-order valence-corrected chi connectivity index (χ2v) is 6.96. The Balaban J connectivity index is 1.96. The smallest absolute Gasteiger partial charge is 0.363 e. The predicted molar refractivity (Wildman–Crippen MR) is 109 cm³/mol. The van der Waals surface area contributed by atoms with Crippen molar-refractivity contribution in [1.29, 1.82) is 0 Å². The van der Waals surface area contributed by atoms with E-state index in [1.807, 2.05) is 25.1 Å². The van der Waals surface area contributed by atoms with Crippen molar-refractivity contribution in [2.75, 3.05) is 13.7 Å². The van der Waals surface area contributed by atoms with Crippen LogP contribution in [0.15, 0.2) is 47.1 Å². The molecule has 1 aliphatic rings. The Morgan fingerprint density at radius 1 is 1.23 bits per heavy atom. The third-order valence-electron chi connectivity index (χ3n) is 3.57. The molecule has 134 valence electrons. The minimum Gasteiger partial charge on any atom is -0.493 e. The topological polar surface area (TPSA) is 57.1 Å². The molecule has 0 unspecified atom stereocenters. The maximum atomic E-state index is 12.2. The van der Waals surface area contributed by atoms with Crippen molar-refractivity contribution < 1.29 is 19.0 Å². The van der Waals surface area contributed by atoms with Gasteiger partial charge in [-0.3, -0.25) is 0 Å². The Hall–Kier alpha value is -2.06. The molecule has 0 amide bonds. The Morgan fingerprint density at radius 3 is 2.77 bits per heavy atom. The molecule has 0 N–H and O–H groups in total. The van der Waals surface area contributed by atoms with Gasteiger partial charge in [-0.1, -0.05) is 17.7 Å². The summed E-state index contributed by atoms with van der Waals surface area (Å²) in [5.74, 6) is 0.894. The molecule has 0 aliphatic carbocycles. The molecule has 2 aromatic carbocycles.